The molecule has 0 aliphatic rings. The van der Waals surface area contributed by atoms with Gasteiger partial charge in [0.25, 0.3) is 0 Å². The highest BCUT2D eigenvalue weighted by molar-refractivity contribution is 14.0. The Balaban J connectivity index is 0.00000280. The van der Waals surface area contributed by atoms with Gasteiger partial charge in [-0.25, -0.2) is 0 Å². The fraction of sp³-hybridized carbons (Fsp3) is 0.316. The lowest BCUT2D eigenvalue weighted by Gasteiger charge is -2.21. The third kappa shape index (κ3) is 6.46. The summed E-state index contributed by atoms with van der Waals surface area (Å²) in [7, 11) is 3.82. The van der Waals surface area contributed by atoms with E-state index in [0.717, 1.165) is 24.5 Å². The normalized spacial score (nSPS) is 11.2. The Kier molecular flexibility index (Phi) is 9.20. The van der Waals surface area contributed by atoms with Gasteiger partial charge in [-0.3, -0.25) is 4.99 Å². The van der Waals surface area contributed by atoms with Crippen molar-refractivity contribution in [3.8, 4) is 11.4 Å². The lowest BCUT2D eigenvalue weighted by Crippen LogP contribution is -2.40. The van der Waals surface area contributed by atoms with Crippen LogP contribution in [0.2, 0.25) is 5.02 Å². The fourth-order valence-corrected chi connectivity index (χ4v) is 3.40. The van der Waals surface area contributed by atoms with E-state index in [1.165, 1.54) is 4.88 Å². The topological polar surface area (TPSA) is 66.5 Å². The van der Waals surface area contributed by atoms with Crippen molar-refractivity contribution in [2.75, 3.05) is 27.2 Å². The quantitative estimate of drug-likeness (QED) is 0.279. The van der Waals surface area contributed by atoms with Gasteiger partial charge in [-0.15, -0.1) is 35.3 Å². The molecule has 28 heavy (non-hydrogen) atoms. The highest BCUT2D eigenvalue weighted by atomic mass is 127. The number of hydrogen-bond acceptors (Lipinski definition) is 5. The first kappa shape index (κ1) is 22.6. The molecule has 0 saturated carbocycles. The smallest absolute Gasteiger partial charge is 0.228 e. The van der Waals surface area contributed by atoms with E-state index in [1.807, 2.05) is 31.3 Å². The van der Waals surface area contributed by atoms with Crippen molar-refractivity contribution in [1.29, 1.82) is 0 Å². The SMILES string of the molecule is CN=C(NCCc1nc(-c2ccc(Cl)cc2)no1)N(C)CCc1cccs1.I. The molecule has 9 heteroatoms. The number of halogens is 2. The number of benzene rings is 1. The number of hydrogen-bond donors (Lipinski definition) is 1. The summed E-state index contributed by atoms with van der Waals surface area (Å²) in [5.74, 6) is 2.01. The van der Waals surface area contributed by atoms with Crippen LogP contribution in [0.3, 0.4) is 0 Å². The Labute approximate surface area is 191 Å². The van der Waals surface area contributed by atoms with Gasteiger partial charge in [0.05, 0.1) is 0 Å². The fourth-order valence-electron chi connectivity index (χ4n) is 2.58. The standard InChI is InChI=1S/C19H22ClN5OS.HI/c1-21-19(25(2)12-10-16-4-3-13-27-16)22-11-9-17-23-18(24-26-17)14-5-7-15(20)8-6-14;/h3-8,13H,9-12H2,1-2H3,(H,21,22);1H. The number of guanidine groups is 1. The van der Waals surface area contributed by atoms with Crippen LogP contribution in [0.15, 0.2) is 51.3 Å². The molecule has 0 saturated heterocycles. The van der Waals surface area contributed by atoms with Gasteiger partial charge in [0.1, 0.15) is 0 Å². The van der Waals surface area contributed by atoms with Crippen LogP contribution in [0, 0.1) is 0 Å². The highest BCUT2D eigenvalue weighted by Gasteiger charge is 2.10. The molecule has 1 N–H and O–H groups in total. The van der Waals surface area contributed by atoms with Crippen molar-refractivity contribution >= 4 is 52.9 Å². The first-order valence-corrected chi connectivity index (χ1v) is 9.94. The third-order valence-electron chi connectivity index (χ3n) is 4.04. The molecule has 2 heterocycles. The molecule has 3 rings (SSSR count). The van der Waals surface area contributed by atoms with Gasteiger partial charge in [-0.2, -0.15) is 4.98 Å². The van der Waals surface area contributed by atoms with Gasteiger partial charge in [-0.1, -0.05) is 22.8 Å². The zero-order valence-electron chi connectivity index (χ0n) is 15.8. The van der Waals surface area contributed by atoms with Crippen LogP contribution >= 0.6 is 46.9 Å². The predicted octanol–water partition coefficient (Wildman–Crippen LogP) is 4.36. The minimum atomic E-state index is 0. The van der Waals surface area contributed by atoms with Crippen molar-refractivity contribution in [1.82, 2.24) is 20.4 Å². The molecule has 0 atom stereocenters. The van der Waals surface area contributed by atoms with Gasteiger partial charge < -0.3 is 14.7 Å². The summed E-state index contributed by atoms with van der Waals surface area (Å²) in [4.78, 5) is 12.3. The van der Waals surface area contributed by atoms with Crippen LogP contribution in [-0.2, 0) is 12.8 Å². The van der Waals surface area contributed by atoms with Crippen molar-refractivity contribution < 1.29 is 4.52 Å². The lowest BCUT2D eigenvalue weighted by molar-refractivity contribution is 0.377. The van der Waals surface area contributed by atoms with Crippen LogP contribution in [-0.4, -0.2) is 48.2 Å². The molecule has 0 fully saturated rings. The van der Waals surface area contributed by atoms with E-state index in [1.54, 1.807) is 18.4 Å². The molecule has 0 radical (unpaired) electrons. The number of thiophene rings is 1. The molecule has 0 bridgehead atoms. The van der Waals surface area contributed by atoms with E-state index in [0.29, 0.717) is 29.7 Å². The summed E-state index contributed by atoms with van der Waals surface area (Å²) < 4.78 is 5.34. The molecule has 0 aliphatic heterocycles. The number of aliphatic imine (C=N–C) groups is 1. The van der Waals surface area contributed by atoms with Crippen molar-refractivity contribution in [3.05, 3.63) is 57.6 Å². The largest absolute Gasteiger partial charge is 0.356 e. The third-order valence-corrected chi connectivity index (χ3v) is 5.23. The molecule has 2 aromatic heterocycles. The molecule has 0 spiro atoms. The van der Waals surface area contributed by atoms with E-state index in [-0.39, 0.29) is 24.0 Å². The number of nitrogens with zero attached hydrogens (tertiary/aromatic N) is 4. The second kappa shape index (κ2) is 11.4. The van der Waals surface area contributed by atoms with E-state index >= 15 is 0 Å². The van der Waals surface area contributed by atoms with Gasteiger partial charge in [0.15, 0.2) is 5.96 Å². The lowest BCUT2D eigenvalue weighted by atomic mass is 10.2. The monoisotopic (exact) mass is 531 g/mol. The Morgan fingerprint density at radius 2 is 2.04 bits per heavy atom. The van der Waals surface area contributed by atoms with Crippen LogP contribution in [0.1, 0.15) is 10.8 Å². The average molecular weight is 532 g/mol. The van der Waals surface area contributed by atoms with E-state index in [9.17, 15) is 0 Å². The Morgan fingerprint density at radius 1 is 1.25 bits per heavy atom. The van der Waals surface area contributed by atoms with Crippen LogP contribution < -0.4 is 5.32 Å². The molecule has 6 nitrogen and oxygen atoms in total. The number of rotatable bonds is 7. The molecule has 1 aromatic carbocycles. The van der Waals surface area contributed by atoms with Gasteiger partial charge >= 0.3 is 0 Å². The maximum absolute atomic E-state index is 5.91. The van der Waals surface area contributed by atoms with Crippen molar-refractivity contribution in [2.45, 2.75) is 12.8 Å². The van der Waals surface area contributed by atoms with Gasteiger partial charge in [-0.05, 0) is 42.1 Å². The van der Waals surface area contributed by atoms with E-state index < -0.39 is 0 Å². The maximum atomic E-state index is 5.91. The Hall–Kier alpha value is -1.65. The highest BCUT2D eigenvalue weighted by Crippen LogP contribution is 2.18. The Bertz CT molecular complexity index is 867. The number of likely N-dealkylation sites (N-methyl/N-ethyl adjacent to an activating group) is 1. The first-order valence-electron chi connectivity index (χ1n) is 8.68. The molecule has 150 valence electrons. The summed E-state index contributed by atoms with van der Waals surface area (Å²) >= 11 is 7.68. The van der Waals surface area contributed by atoms with Crippen LogP contribution in [0.4, 0.5) is 0 Å². The first-order chi connectivity index (χ1) is 13.2. The minimum absolute atomic E-state index is 0. The summed E-state index contributed by atoms with van der Waals surface area (Å²) in [5, 5.41) is 10.2. The van der Waals surface area contributed by atoms with E-state index in [2.05, 4.69) is 42.9 Å². The number of aromatic nitrogens is 2. The summed E-state index contributed by atoms with van der Waals surface area (Å²) in [6.45, 7) is 1.57. The zero-order valence-corrected chi connectivity index (χ0v) is 19.7. The van der Waals surface area contributed by atoms with Crippen molar-refractivity contribution in [2.24, 2.45) is 4.99 Å². The number of nitrogens with one attached hydrogen (secondary N) is 1. The van der Waals surface area contributed by atoms with Crippen LogP contribution in [0.5, 0.6) is 0 Å². The average Bonchev–Trinajstić information content (AvgIpc) is 3.36. The molecule has 0 unspecified atom stereocenters. The van der Waals surface area contributed by atoms with Crippen LogP contribution in [0.25, 0.3) is 11.4 Å². The molecule has 0 aliphatic carbocycles. The second-order valence-corrected chi connectivity index (χ2v) is 7.46. The second-order valence-electron chi connectivity index (χ2n) is 5.99. The summed E-state index contributed by atoms with van der Waals surface area (Å²) in [6.07, 6.45) is 1.63. The summed E-state index contributed by atoms with van der Waals surface area (Å²) in [5.41, 5.74) is 0.881. The zero-order chi connectivity index (χ0) is 19.1. The molecular weight excluding hydrogens is 509 g/mol. The summed E-state index contributed by atoms with van der Waals surface area (Å²) in [6, 6.07) is 11.6. The molecular formula is C19H23ClIN5OS. The minimum Gasteiger partial charge on any atom is -0.356 e. The molecule has 0 amide bonds. The Morgan fingerprint density at radius 3 is 2.71 bits per heavy atom. The van der Waals surface area contributed by atoms with Gasteiger partial charge in [0, 0.05) is 49.1 Å². The van der Waals surface area contributed by atoms with E-state index in [4.69, 9.17) is 16.1 Å². The molecule has 3 aromatic rings. The van der Waals surface area contributed by atoms with Crippen molar-refractivity contribution in [3.63, 3.8) is 0 Å². The van der Waals surface area contributed by atoms with Gasteiger partial charge in [0.2, 0.25) is 11.7 Å². The predicted molar refractivity (Wildman–Crippen MR) is 126 cm³/mol. The maximum Gasteiger partial charge on any atom is 0.228 e.